The van der Waals surface area contributed by atoms with E-state index in [9.17, 15) is 14.7 Å². The minimum atomic E-state index is -0.551. The molecule has 5 rings (SSSR count). The van der Waals surface area contributed by atoms with Gasteiger partial charge in [0.25, 0.3) is 5.91 Å². The quantitative estimate of drug-likeness (QED) is 0.615. The first-order valence-corrected chi connectivity index (χ1v) is 12.0. The second kappa shape index (κ2) is 7.99. The van der Waals surface area contributed by atoms with E-state index in [0.717, 1.165) is 16.9 Å². The van der Waals surface area contributed by atoms with Gasteiger partial charge < -0.3 is 10.0 Å². The summed E-state index contributed by atoms with van der Waals surface area (Å²) in [6, 6.07) is 17.8. The third-order valence-corrected chi connectivity index (χ3v) is 7.18. The number of aromatic nitrogens is 1. The Hall–Kier alpha value is -3.19. The van der Waals surface area contributed by atoms with Crippen LogP contribution in [0, 0.1) is 5.41 Å². The van der Waals surface area contributed by atoms with Crippen LogP contribution in [0.4, 0.5) is 0 Å². The Labute approximate surface area is 197 Å². The van der Waals surface area contributed by atoms with Gasteiger partial charge in [-0.15, -0.1) is 11.8 Å². The first-order valence-electron chi connectivity index (χ1n) is 11.0. The van der Waals surface area contributed by atoms with Crippen molar-refractivity contribution in [1.82, 2.24) is 9.58 Å². The average Bonchev–Trinajstić information content (AvgIpc) is 2.94. The lowest BCUT2D eigenvalue weighted by atomic mass is 9.93. The minimum Gasteiger partial charge on any atom is -0.502 e. The molecule has 1 N–H and O–H groups in total. The Balaban J connectivity index is 1.75. The van der Waals surface area contributed by atoms with Gasteiger partial charge in [-0.25, -0.2) is 0 Å². The number of rotatable bonds is 2. The zero-order valence-electron chi connectivity index (χ0n) is 19.0. The second-order valence-electron chi connectivity index (χ2n) is 9.79. The van der Waals surface area contributed by atoms with Crippen molar-refractivity contribution >= 4 is 17.7 Å². The van der Waals surface area contributed by atoms with E-state index < -0.39 is 11.2 Å². The predicted molar refractivity (Wildman–Crippen MR) is 130 cm³/mol. The summed E-state index contributed by atoms with van der Waals surface area (Å²) in [5.41, 5.74) is 2.85. The maximum Gasteiger partial charge on any atom is 0.277 e. The SMILES string of the molecule is CC(C)(C)CN1CN(C2c3ccccc3CSc3ccccc32)n2ccc(=O)c(O)c2C1=O. The molecule has 0 bridgehead atoms. The summed E-state index contributed by atoms with van der Waals surface area (Å²) >= 11 is 1.80. The molecule has 0 aliphatic carbocycles. The van der Waals surface area contributed by atoms with Crippen molar-refractivity contribution in [2.45, 2.75) is 37.5 Å². The molecule has 33 heavy (non-hydrogen) atoms. The fourth-order valence-corrected chi connectivity index (χ4v) is 5.80. The van der Waals surface area contributed by atoms with Gasteiger partial charge in [-0.2, -0.15) is 0 Å². The fourth-order valence-electron chi connectivity index (χ4n) is 4.70. The molecule has 1 unspecified atom stereocenters. The van der Waals surface area contributed by atoms with Gasteiger partial charge in [0.2, 0.25) is 5.43 Å². The minimum absolute atomic E-state index is 0.0184. The molecule has 1 atom stereocenters. The van der Waals surface area contributed by atoms with Crippen molar-refractivity contribution in [1.29, 1.82) is 0 Å². The van der Waals surface area contributed by atoms with Crippen molar-refractivity contribution in [3.05, 3.63) is 93.4 Å². The summed E-state index contributed by atoms with van der Waals surface area (Å²) in [6.07, 6.45) is 1.60. The van der Waals surface area contributed by atoms with Gasteiger partial charge in [0.05, 0.1) is 6.04 Å². The number of hydrogen-bond donors (Lipinski definition) is 1. The second-order valence-corrected chi connectivity index (χ2v) is 10.8. The summed E-state index contributed by atoms with van der Waals surface area (Å²) in [4.78, 5) is 28.7. The van der Waals surface area contributed by atoms with Crippen molar-refractivity contribution in [2.75, 3.05) is 18.2 Å². The standard InChI is InChI=1S/C26H27N3O3S/c1-26(2,3)15-27-16-29(28-13-12-20(30)24(31)23(28)25(27)32)22-18-9-5-4-8-17(18)14-33-21-11-7-6-10-19(21)22/h4-13,22,31H,14-16H2,1-3H3. The largest absolute Gasteiger partial charge is 0.502 e. The molecular weight excluding hydrogens is 434 g/mol. The molecule has 2 aromatic carbocycles. The number of carbonyl (C=O) groups excluding carboxylic acids is 1. The Bertz CT molecular complexity index is 1250. The maximum atomic E-state index is 13.4. The zero-order chi connectivity index (χ0) is 23.3. The Morgan fingerprint density at radius 2 is 1.70 bits per heavy atom. The molecule has 1 aromatic heterocycles. The predicted octanol–water partition coefficient (Wildman–Crippen LogP) is 4.35. The Kier molecular flexibility index (Phi) is 5.24. The molecule has 1 amide bonds. The van der Waals surface area contributed by atoms with E-state index in [4.69, 9.17) is 0 Å². The van der Waals surface area contributed by atoms with Crippen LogP contribution in [0.1, 0.15) is 54.0 Å². The van der Waals surface area contributed by atoms with Crippen molar-refractivity contribution in [3.8, 4) is 5.75 Å². The molecule has 0 fully saturated rings. The van der Waals surface area contributed by atoms with Crippen molar-refractivity contribution in [2.24, 2.45) is 5.41 Å². The maximum absolute atomic E-state index is 13.4. The lowest BCUT2D eigenvalue weighted by molar-refractivity contribution is 0.0611. The first kappa shape index (κ1) is 21.6. The number of amides is 1. The highest BCUT2D eigenvalue weighted by Crippen LogP contribution is 2.42. The summed E-state index contributed by atoms with van der Waals surface area (Å²) in [6.45, 7) is 7.05. The molecule has 0 spiro atoms. The molecule has 2 aliphatic rings. The number of aromatic hydroxyl groups is 1. The van der Waals surface area contributed by atoms with Crippen LogP contribution in [0.2, 0.25) is 0 Å². The van der Waals surface area contributed by atoms with Crippen LogP contribution in [0.25, 0.3) is 0 Å². The third kappa shape index (κ3) is 3.80. The molecule has 0 saturated carbocycles. The summed E-state index contributed by atoms with van der Waals surface area (Å²) in [7, 11) is 0. The van der Waals surface area contributed by atoms with Crippen LogP contribution < -0.4 is 10.4 Å². The highest BCUT2D eigenvalue weighted by atomic mass is 32.2. The molecule has 0 radical (unpaired) electrons. The molecule has 170 valence electrons. The van der Waals surface area contributed by atoms with Crippen LogP contribution in [0.15, 0.2) is 70.5 Å². The Morgan fingerprint density at radius 1 is 1.00 bits per heavy atom. The molecule has 0 saturated heterocycles. The highest BCUT2D eigenvalue weighted by Gasteiger charge is 2.39. The number of carbonyl (C=O) groups is 1. The van der Waals surface area contributed by atoms with Gasteiger partial charge in [0.15, 0.2) is 11.4 Å². The molecular formula is C26H27N3O3S. The summed E-state index contributed by atoms with van der Waals surface area (Å²) in [5.74, 6) is 0.0152. The van der Waals surface area contributed by atoms with Crippen LogP contribution in [-0.4, -0.2) is 33.8 Å². The van der Waals surface area contributed by atoms with Gasteiger partial charge in [-0.1, -0.05) is 63.2 Å². The van der Waals surface area contributed by atoms with Crippen molar-refractivity contribution < 1.29 is 9.90 Å². The fraction of sp³-hybridized carbons (Fsp3) is 0.308. The number of benzene rings is 2. The molecule has 6 nitrogen and oxygen atoms in total. The normalized spacial score (nSPS) is 17.8. The van der Waals surface area contributed by atoms with E-state index in [1.807, 2.05) is 18.2 Å². The summed E-state index contributed by atoms with van der Waals surface area (Å²) in [5, 5.41) is 12.8. The topological polar surface area (TPSA) is 65.8 Å². The number of thioether (sulfide) groups is 1. The van der Waals surface area contributed by atoms with E-state index in [1.165, 1.54) is 16.5 Å². The van der Waals surface area contributed by atoms with Crippen LogP contribution >= 0.6 is 11.8 Å². The van der Waals surface area contributed by atoms with Crippen LogP contribution in [0.3, 0.4) is 0 Å². The lowest BCUT2D eigenvalue weighted by Gasteiger charge is -2.45. The molecule has 3 aromatic rings. The first-order chi connectivity index (χ1) is 15.7. The summed E-state index contributed by atoms with van der Waals surface area (Å²) < 4.78 is 1.67. The van der Waals surface area contributed by atoms with E-state index in [1.54, 1.807) is 27.5 Å². The number of hydrogen-bond acceptors (Lipinski definition) is 5. The number of fused-ring (bicyclic) bond motifs is 3. The van der Waals surface area contributed by atoms with Gasteiger partial charge in [0, 0.05) is 29.5 Å². The molecule has 2 aliphatic heterocycles. The van der Waals surface area contributed by atoms with Crippen LogP contribution in [0.5, 0.6) is 5.75 Å². The van der Waals surface area contributed by atoms with E-state index in [-0.39, 0.29) is 23.1 Å². The smallest absolute Gasteiger partial charge is 0.277 e. The molecule has 7 heteroatoms. The lowest BCUT2D eigenvalue weighted by Crippen LogP contribution is -2.57. The van der Waals surface area contributed by atoms with Gasteiger partial charge in [-0.3, -0.25) is 19.3 Å². The zero-order valence-corrected chi connectivity index (χ0v) is 19.8. The third-order valence-electron chi connectivity index (χ3n) is 6.05. The van der Waals surface area contributed by atoms with Gasteiger partial charge in [0.1, 0.15) is 6.67 Å². The molecule has 3 heterocycles. The van der Waals surface area contributed by atoms with E-state index in [0.29, 0.717) is 13.2 Å². The number of pyridine rings is 1. The number of nitrogens with zero attached hydrogens (tertiary/aromatic N) is 3. The van der Waals surface area contributed by atoms with Gasteiger partial charge in [-0.05, 0) is 28.2 Å². The average molecular weight is 462 g/mol. The monoisotopic (exact) mass is 461 g/mol. The van der Waals surface area contributed by atoms with Gasteiger partial charge >= 0.3 is 0 Å². The van der Waals surface area contributed by atoms with E-state index in [2.05, 4.69) is 56.1 Å². The van der Waals surface area contributed by atoms with Crippen molar-refractivity contribution in [3.63, 3.8) is 0 Å². The highest BCUT2D eigenvalue weighted by molar-refractivity contribution is 7.98. The Morgan fingerprint density at radius 3 is 2.45 bits per heavy atom. The van der Waals surface area contributed by atoms with E-state index >= 15 is 0 Å². The van der Waals surface area contributed by atoms with Crippen LogP contribution in [-0.2, 0) is 5.75 Å².